The van der Waals surface area contributed by atoms with Crippen LogP contribution in [0.4, 0.5) is 4.39 Å². The third-order valence-corrected chi connectivity index (χ3v) is 2.70. The number of aromatic nitrogens is 2. The lowest BCUT2D eigenvalue weighted by Gasteiger charge is -1.97. The predicted molar refractivity (Wildman–Crippen MR) is 71.9 cm³/mol. The molecule has 0 aliphatic heterocycles. The molecule has 3 rings (SSSR count). The molecule has 0 N–H and O–H groups in total. The molecule has 0 amide bonds. The second kappa shape index (κ2) is 4.87. The highest BCUT2D eigenvalue weighted by atomic mass is 19.1. The summed E-state index contributed by atoms with van der Waals surface area (Å²) in [5.41, 5.74) is 2.26. The summed E-state index contributed by atoms with van der Waals surface area (Å²) in [6, 6.07) is 12.0. The molecule has 3 aromatic rings. The SMILES string of the molecule is Fc1cccc(C#Cc2cccc3cncnc23)c1. The van der Waals surface area contributed by atoms with Crippen LogP contribution in [0.5, 0.6) is 0 Å². The normalized spacial score (nSPS) is 9.95. The van der Waals surface area contributed by atoms with Gasteiger partial charge in [-0.05, 0) is 24.3 Å². The molecule has 0 unspecified atom stereocenters. The van der Waals surface area contributed by atoms with Gasteiger partial charge in [-0.2, -0.15) is 0 Å². The van der Waals surface area contributed by atoms with Crippen LogP contribution in [0.1, 0.15) is 11.1 Å². The minimum Gasteiger partial charge on any atom is -0.244 e. The molecule has 0 bridgehead atoms. The van der Waals surface area contributed by atoms with Crippen molar-refractivity contribution < 1.29 is 4.39 Å². The fourth-order valence-electron chi connectivity index (χ4n) is 1.82. The maximum absolute atomic E-state index is 13.1. The van der Waals surface area contributed by atoms with E-state index in [1.165, 1.54) is 18.5 Å². The van der Waals surface area contributed by atoms with Crippen LogP contribution in [0.15, 0.2) is 55.0 Å². The second-order valence-corrected chi connectivity index (χ2v) is 4.03. The molecule has 0 saturated carbocycles. The van der Waals surface area contributed by atoms with E-state index >= 15 is 0 Å². The molecule has 90 valence electrons. The van der Waals surface area contributed by atoms with Gasteiger partial charge in [0.1, 0.15) is 12.1 Å². The molecule has 2 aromatic carbocycles. The summed E-state index contributed by atoms with van der Waals surface area (Å²) in [7, 11) is 0. The molecule has 1 aromatic heterocycles. The smallest absolute Gasteiger partial charge is 0.124 e. The van der Waals surface area contributed by atoms with Crippen LogP contribution in [0.25, 0.3) is 10.9 Å². The standard InChI is InChI=1S/C16H9FN2/c17-15-6-1-3-12(9-15)7-8-13-4-2-5-14-10-18-11-19-16(13)14/h1-6,9-11H. The third-order valence-electron chi connectivity index (χ3n) is 2.70. The molecule has 2 nitrogen and oxygen atoms in total. The summed E-state index contributed by atoms with van der Waals surface area (Å²) < 4.78 is 13.1. The van der Waals surface area contributed by atoms with Crippen molar-refractivity contribution in [2.24, 2.45) is 0 Å². The lowest BCUT2D eigenvalue weighted by molar-refractivity contribution is 0.627. The van der Waals surface area contributed by atoms with Gasteiger partial charge in [0.15, 0.2) is 0 Å². The average Bonchev–Trinajstić information content (AvgIpc) is 2.45. The van der Waals surface area contributed by atoms with Gasteiger partial charge in [0.25, 0.3) is 0 Å². The van der Waals surface area contributed by atoms with Crippen molar-refractivity contribution in [1.82, 2.24) is 9.97 Å². The number of hydrogen-bond donors (Lipinski definition) is 0. The Hall–Kier alpha value is -2.73. The molecule has 0 aliphatic carbocycles. The molecular formula is C16H9FN2. The van der Waals surface area contributed by atoms with E-state index in [9.17, 15) is 4.39 Å². The first-order valence-electron chi connectivity index (χ1n) is 5.79. The number of halogens is 1. The van der Waals surface area contributed by atoms with E-state index in [2.05, 4.69) is 21.8 Å². The van der Waals surface area contributed by atoms with Crippen LogP contribution in [0.2, 0.25) is 0 Å². The van der Waals surface area contributed by atoms with Crippen LogP contribution in [0.3, 0.4) is 0 Å². The number of nitrogens with zero attached hydrogens (tertiary/aromatic N) is 2. The molecule has 1 heterocycles. The minimum absolute atomic E-state index is 0.285. The van der Waals surface area contributed by atoms with Gasteiger partial charge >= 0.3 is 0 Å². The maximum Gasteiger partial charge on any atom is 0.124 e. The Balaban J connectivity index is 2.07. The molecule has 0 atom stereocenters. The maximum atomic E-state index is 13.1. The lowest BCUT2D eigenvalue weighted by atomic mass is 10.1. The molecule has 19 heavy (non-hydrogen) atoms. The van der Waals surface area contributed by atoms with Crippen molar-refractivity contribution >= 4 is 10.9 Å². The van der Waals surface area contributed by atoms with E-state index < -0.39 is 0 Å². The summed E-state index contributed by atoms with van der Waals surface area (Å²) in [5, 5.41) is 0.938. The molecule has 0 radical (unpaired) electrons. The molecule has 0 fully saturated rings. The lowest BCUT2D eigenvalue weighted by Crippen LogP contribution is -1.85. The zero-order chi connectivity index (χ0) is 13.1. The highest BCUT2D eigenvalue weighted by Gasteiger charge is 1.98. The van der Waals surface area contributed by atoms with Crippen molar-refractivity contribution in [3.8, 4) is 11.8 Å². The van der Waals surface area contributed by atoms with Crippen LogP contribution < -0.4 is 0 Å². The van der Waals surface area contributed by atoms with Gasteiger partial charge in [-0.3, -0.25) is 0 Å². The van der Waals surface area contributed by atoms with Gasteiger partial charge < -0.3 is 0 Å². The van der Waals surface area contributed by atoms with Crippen LogP contribution in [-0.2, 0) is 0 Å². The Bertz CT molecular complexity index is 795. The Kier molecular flexibility index (Phi) is 2.91. The number of para-hydroxylation sites is 1. The van der Waals surface area contributed by atoms with Gasteiger partial charge in [-0.1, -0.05) is 30.0 Å². The van der Waals surface area contributed by atoms with Gasteiger partial charge in [0.2, 0.25) is 0 Å². The van der Waals surface area contributed by atoms with E-state index in [0.29, 0.717) is 5.56 Å². The fourth-order valence-corrected chi connectivity index (χ4v) is 1.82. The van der Waals surface area contributed by atoms with Gasteiger partial charge in [-0.25, -0.2) is 14.4 Å². The predicted octanol–water partition coefficient (Wildman–Crippen LogP) is 3.17. The van der Waals surface area contributed by atoms with Gasteiger partial charge in [0.05, 0.1) is 11.1 Å². The highest BCUT2D eigenvalue weighted by Crippen LogP contribution is 2.14. The molecular weight excluding hydrogens is 239 g/mol. The summed E-state index contributed by atoms with van der Waals surface area (Å²) in [6.45, 7) is 0. The van der Waals surface area contributed by atoms with Gasteiger partial charge in [-0.15, -0.1) is 0 Å². The second-order valence-electron chi connectivity index (χ2n) is 4.03. The number of hydrogen-bond acceptors (Lipinski definition) is 2. The Morgan fingerprint density at radius 2 is 1.89 bits per heavy atom. The Morgan fingerprint density at radius 3 is 2.79 bits per heavy atom. The van der Waals surface area contributed by atoms with Crippen LogP contribution in [0, 0.1) is 17.7 Å². The number of benzene rings is 2. The van der Waals surface area contributed by atoms with Crippen molar-refractivity contribution in [3.05, 3.63) is 71.9 Å². The third kappa shape index (κ3) is 2.43. The minimum atomic E-state index is -0.285. The monoisotopic (exact) mass is 248 g/mol. The van der Waals surface area contributed by atoms with Crippen LogP contribution >= 0.6 is 0 Å². The molecule has 3 heteroatoms. The largest absolute Gasteiger partial charge is 0.244 e. The number of rotatable bonds is 0. The topological polar surface area (TPSA) is 25.8 Å². The van der Waals surface area contributed by atoms with E-state index in [1.54, 1.807) is 18.3 Å². The van der Waals surface area contributed by atoms with Crippen LogP contribution in [-0.4, -0.2) is 9.97 Å². The Morgan fingerprint density at radius 1 is 1.00 bits per heavy atom. The number of fused-ring (bicyclic) bond motifs is 1. The van der Waals surface area contributed by atoms with E-state index in [1.807, 2.05) is 18.2 Å². The van der Waals surface area contributed by atoms with Gasteiger partial charge in [0, 0.05) is 17.1 Å². The summed E-state index contributed by atoms with van der Waals surface area (Å²) >= 11 is 0. The van der Waals surface area contributed by atoms with E-state index in [-0.39, 0.29) is 5.82 Å². The summed E-state index contributed by atoms with van der Waals surface area (Å²) in [5.74, 6) is 5.68. The molecule has 0 spiro atoms. The quantitative estimate of drug-likeness (QED) is 0.571. The zero-order valence-corrected chi connectivity index (χ0v) is 9.97. The van der Waals surface area contributed by atoms with Crippen molar-refractivity contribution in [3.63, 3.8) is 0 Å². The van der Waals surface area contributed by atoms with Crippen molar-refractivity contribution in [1.29, 1.82) is 0 Å². The first-order valence-corrected chi connectivity index (χ1v) is 5.79. The zero-order valence-electron chi connectivity index (χ0n) is 9.97. The van der Waals surface area contributed by atoms with E-state index in [4.69, 9.17) is 0 Å². The fraction of sp³-hybridized carbons (Fsp3) is 0. The average molecular weight is 248 g/mol. The van der Waals surface area contributed by atoms with Crippen molar-refractivity contribution in [2.75, 3.05) is 0 Å². The first-order chi connectivity index (χ1) is 9.33. The Labute approximate surface area is 110 Å². The summed E-state index contributed by atoms with van der Waals surface area (Å²) in [4.78, 5) is 8.20. The van der Waals surface area contributed by atoms with Crippen molar-refractivity contribution in [2.45, 2.75) is 0 Å². The molecule has 0 aliphatic rings. The highest BCUT2D eigenvalue weighted by molar-refractivity contribution is 5.83. The first kappa shape index (κ1) is 11.4. The summed E-state index contributed by atoms with van der Waals surface area (Å²) in [6.07, 6.45) is 3.24. The van der Waals surface area contributed by atoms with E-state index in [0.717, 1.165) is 16.5 Å². The molecule has 0 saturated heterocycles.